The van der Waals surface area contributed by atoms with Crippen LogP contribution in [0.15, 0.2) is 36.7 Å². The SMILES string of the molecule is CCCNC(Cc1c(Cl)cccc1Cl)c1ccncc1C. The summed E-state index contributed by atoms with van der Waals surface area (Å²) < 4.78 is 0. The molecule has 1 aromatic heterocycles. The number of halogens is 2. The number of aromatic nitrogens is 1. The first-order valence-corrected chi connectivity index (χ1v) is 7.95. The molecule has 0 aliphatic carbocycles. The van der Waals surface area contributed by atoms with Gasteiger partial charge in [0, 0.05) is 28.5 Å². The summed E-state index contributed by atoms with van der Waals surface area (Å²) in [4.78, 5) is 4.17. The van der Waals surface area contributed by atoms with Crippen molar-refractivity contribution in [3.63, 3.8) is 0 Å². The zero-order valence-electron chi connectivity index (χ0n) is 12.4. The average molecular weight is 323 g/mol. The molecule has 0 saturated heterocycles. The van der Waals surface area contributed by atoms with Crippen LogP contribution in [-0.2, 0) is 6.42 Å². The Morgan fingerprint density at radius 3 is 2.52 bits per heavy atom. The normalized spacial score (nSPS) is 12.4. The van der Waals surface area contributed by atoms with Crippen LogP contribution in [0, 0.1) is 6.92 Å². The van der Waals surface area contributed by atoms with Crippen molar-refractivity contribution in [3.05, 3.63) is 63.4 Å². The Kier molecular flexibility index (Phi) is 6.04. The molecule has 0 radical (unpaired) electrons. The summed E-state index contributed by atoms with van der Waals surface area (Å²) in [5, 5.41) is 5.02. The number of rotatable bonds is 6. The number of benzene rings is 1. The van der Waals surface area contributed by atoms with Crippen LogP contribution < -0.4 is 5.32 Å². The predicted molar refractivity (Wildman–Crippen MR) is 90.2 cm³/mol. The molecule has 21 heavy (non-hydrogen) atoms. The molecule has 4 heteroatoms. The van der Waals surface area contributed by atoms with Gasteiger partial charge >= 0.3 is 0 Å². The zero-order valence-corrected chi connectivity index (χ0v) is 13.9. The van der Waals surface area contributed by atoms with Gasteiger partial charge in [0.2, 0.25) is 0 Å². The molecule has 2 rings (SSSR count). The van der Waals surface area contributed by atoms with Crippen molar-refractivity contribution in [2.75, 3.05) is 6.54 Å². The lowest BCUT2D eigenvalue weighted by molar-refractivity contribution is 0.527. The van der Waals surface area contributed by atoms with Crippen molar-refractivity contribution in [1.29, 1.82) is 0 Å². The Balaban J connectivity index is 2.31. The molecule has 0 aliphatic rings. The fraction of sp³-hybridized carbons (Fsp3) is 0.353. The molecule has 0 spiro atoms. The highest BCUT2D eigenvalue weighted by Crippen LogP contribution is 2.30. The quantitative estimate of drug-likeness (QED) is 0.811. The van der Waals surface area contributed by atoms with E-state index >= 15 is 0 Å². The third-order valence-electron chi connectivity index (χ3n) is 3.55. The van der Waals surface area contributed by atoms with Gasteiger partial charge in [0.25, 0.3) is 0 Å². The molecule has 1 heterocycles. The van der Waals surface area contributed by atoms with Gasteiger partial charge in [-0.2, -0.15) is 0 Å². The number of pyridine rings is 1. The van der Waals surface area contributed by atoms with Crippen molar-refractivity contribution in [1.82, 2.24) is 10.3 Å². The lowest BCUT2D eigenvalue weighted by Crippen LogP contribution is -2.25. The monoisotopic (exact) mass is 322 g/mol. The molecule has 1 aromatic carbocycles. The maximum Gasteiger partial charge on any atom is 0.0453 e. The lowest BCUT2D eigenvalue weighted by atomic mass is 9.96. The standard InChI is InChI=1S/C17H20Cl2N2/c1-3-8-21-17(13-7-9-20-11-12(13)2)10-14-15(18)5-4-6-16(14)19/h4-7,9,11,17,21H,3,8,10H2,1-2H3. The van der Waals surface area contributed by atoms with Gasteiger partial charge in [-0.25, -0.2) is 0 Å². The van der Waals surface area contributed by atoms with E-state index < -0.39 is 0 Å². The van der Waals surface area contributed by atoms with Gasteiger partial charge in [0.15, 0.2) is 0 Å². The van der Waals surface area contributed by atoms with Gasteiger partial charge in [0.1, 0.15) is 0 Å². The topological polar surface area (TPSA) is 24.9 Å². The zero-order chi connectivity index (χ0) is 15.2. The van der Waals surface area contributed by atoms with Crippen LogP contribution in [0.2, 0.25) is 10.0 Å². The molecule has 1 unspecified atom stereocenters. The van der Waals surface area contributed by atoms with Crippen LogP contribution in [0.5, 0.6) is 0 Å². The van der Waals surface area contributed by atoms with Gasteiger partial charge < -0.3 is 5.32 Å². The molecule has 0 fully saturated rings. The number of nitrogens with zero attached hydrogens (tertiary/aromatic N) is 1. The Bertz CT molecular complexity index is 579. The van der Waals surface area contributed by atoms with E-state index in [9.17, 15) is 0 Å². The molecule has 1 N–H and O–H groups in total. The van der Waals surface area contributed by atoms with Gasteiger partial charge in [-0.05, 0) is 61.2 Å². The molecule has 0 saturated carbocycles. The molecule has 2 aromatic rings. The van der Waals surface area contributed by atoms with Gasteiger partial charge in [-0.15, -0.1) is 0 Å². The van der Waals surface area contributed by atoms with E-state index in [-0.39, 0.29) is 6.04 Å². The van der Waals surface area contributed by atoms with E-state index in [4.69, 9.17) is 23.2 Å². The first-order chi connectivity index (χ1) is 10.1. The smallest absolute Gasteiger partial charge is 0.0453 e. The fourth-order valence-electron chi connectivity index (χ4n) is 2.42. The summed E-state index contributed by atoms with van der Waals surface area (Å²) in [5.74, 6) is 0. The Labute approximate surface area is 136 Å². The second-order valence-electron chi connectivity index (χ2n) is 5.14. The molecule has 1 atom stereocenters. The first kappa shape index (κ1) is 16.3. The van der Waals surface area contributed by atoms with Crippen LogP contribution in [-0.4, -0.2) is 11.5 Å². The van der Waals surface area contributed by atoms with Gasteiger partial charge in [-0.3, -0.25) is 4.98 Å². The van der Waals surface area contributed by atoms with Crippen molar-refractivity contribution in [2.45, 2.75) is 32.7 Å². The summed E-state index contributed by atoms with van der Waals surface area (Å²) >= 11 is 12.6. The Morgan fingerprint density at radius 2 is 1.90 bits per heavy atom. The van der Waals surface area contributed by atoms with E-state index in [1.54, 1.807) is 0 Å². The summed E-state index contributed by atoms with van der Waals surface area (Å²) in [7, 11) is 0. The van der Waals surface area contributed by atoms with Crippen LogP contribution in [0.4, 0.5) is 0 Å². The van der Waals surface area contributed by atoms with Crippen molar-refractivity contribution in [3.8, 4) is 0 Å². The molecule has 112 valence electrons. The summed E-state index contributed by atoms with van der Waals surface area (Å²) in [6.07, 6.45) is 5.57. The van der Waals surface area contributed by atoms with Crippen LogP contribution in [0.3, 0.4) is 0 Å². The highest BCUT2D eigenvalue weighted by Gasteiger charge is 2.17. The van der Waals surface area contributed by atoms with E-state index in [0.717, 1.165) is 35.0 Å². The fourth-order valence-corrected chi connectivity index (χ4v) is 2.97. The molecule has 0 amide bonds. The molecule has 0 aliphatic heterocycles. The maximum atomic E-state index is 6.31. The van der Waals surface area contributed by atoms with Crippen molar-refractivity contribution >= 4 is 23.2 Å². The molecular formula is C17H20Cl2N2. The van der Waals surface area contributed by atoms with Crippen LogP contribution in [0.25, 0.3) is 0 Å². The summed E-state index contributed by atoms with van der Waals surface area (Å²) in [6.45, 7) is 5.19. The van der Waals surface area contributed by atoms with E-state index in [1.807, 2.05) is 30.6 Å². The highest BCUT2D eigenvalue weighted by atomic mass is 35.5. The number of nitrogens with one attached hydrogen (secondary N) is 1. The minimum Gasteiger partial charge on any atom is -0.310 e. The third kappa shape index (κ3) is 4.19. The lowest BCUT2D eigenvalue weighted by Gasteiger charge is -2.22. The van der Waals surface area contributed by atoms with Crippen LogP contribution in [0.1, 0.15) is 36.1 Å². The number of hydrogen-bond donors (Lipinski definition) is 1. The van der Waals surface area contributed by atoms with E-state index in [0.29, 0.717) is 0 Å². The van der Waals surface area contributed by atoms with E-state index in [1.165, 1.54) is 11.1 Å². The minimum atomic E-state index is 0.186. The Morgan fingerprint density at radius 1 is 1.19 bits per heavy atom. The second kappa shape index (κ2) is 7.79. The predicted octanol–water partition coefficient (Wildman–Crippen LogP) is 4.98. The first-order valence-electron chi connectivity index (χ1n) is 7.20. The largest absolute Gasteiger partial charge is 0.310 e. The average Bonchev–Trinajstić information content (AvgIpc) is 2.47. The van der Waals surface area contributed by atoms with E-state index in [2.05, 4.69) is 30.2 Å². The van der Waals surface area contributed by atoms with Gasteiger partial charge in [-0.1, -0.05) is 36.2 Å². The molecule has 0 bridgehead atoms. The Hall–Kier alpha value is -1.09. The number of hydrogen-bond acceptors (Lipinski definition) is 2. The van der Waals surface area contributed by atoms with Crippen molar-refractivity contribution < 1.29 is 0 Å². The maximum absolute atomic E-state index is 6.31. The highest BCUT2D eigenvalue weighted by molar-refractivity contribution is 6.36. The molecular weight excluding hydrogens is 303 g/mol. The van der Waals surface area contributed by atoms with Crippen molar-refractivity contribution in [2.24, 2.45) is 0 Å². The second-order valence-corrected chi connectivity index (χ2v) is 5.96. The molecule has 2 nitrogen and oxygen atoms in total. The number of aryl methyl sites for hydroxylation is 1. The summed E-state index contributed by atoms with van der Waals surface area (Å²) in [5.41, 5.74) is 3.41. The van der Waals surface area contributed by atoms with Crippen LogP contribution >= 0.6 is 23.2 Å². The minimum absolute atomic E-state index is 0.186. The summed E-state index contributed by atoms with van der Waals surface area (Å²) in [6, 6.07) is 7.90. The van der Waals surface area contributed by atoms with Gasteiger partial charge in [0.05, 0.1) is 0 Å². The third-order valence-corrected chi connectivity index (χ3v) is 4.26.